The predicted molar refractivity (Wildman–Crippen MR) is 118 cm³/mol. The van der Waals surface area contributed by atoms with Crippen LogP contribution in [0, 0.1) is 0 Å². The number of hydrogen-bond donors (Lipinski definition) is 3. The molecule has 1 aliphatic heterocycles. The van der Waals surface area contributed by atoms with Crippen LogP contribution in [0.15, 0.2) is 36.4 Å². The second-order valence-electron chi connectivity index (χ2n) is 8.33. The smallest absolute Gasteiger partial charge is 0.350 e. The first-order chi connectivity index (χ1) is 17.0. The number of para-hydroxylation sites is 1. The Morgan fingerprint density at radius 1 is 1.08 bits per heavy atom. The van der Waals surface area contributed by atoms with E-state index in [1.807, 2.05) is 0 Å². The van der Waals surface area contributed by atoms with Crippen molar-refractivity contribution in [2.24, 2.45) is 0 Å². The maximum atomic E-state index is 12.5. The van der Waals surface area contributed by atoms with Crippen LogP contribution in [0.3, 0.4) is 0 Å². The van der Waals surface area contributed by atoms with Crippen LogP contribution in [0.2, 0.25) is 0 Å². The third kappa shape index (κ3) is 6.26. The number of carbonyl (C=O) groups excluding carboxylic acids is 4. The molecule has 2 aliphatic rings. The van der Waals surface area contributed by atoms with Gasteiger partial charge in [-0.3, -0.25) is 14.4 Å². The monoisotopic (exact) mass is 508 g/mol. The van der Waals surface area contributed by atoms with E-state index < -0.39 is 73.2 Å². The first-order valence-electron chi connectivity index (χ1n) is 11.2. The third-order valence-electron chi connectivity index (χ3n) is 5.61. The fourth-order valence-corrected chi connectivity index (χ4v) is 3.70. The van der Waals surface area contributed by atoms with Gasteiger partial charge in [0.25, 0.3) is 0 Å². The SMILES string of the molecule is CC(=O)OC[C@@H]1O[C@@H](Oc2ccccc2COC(=O)[C@@]2(O)C=CCCC2=O)[C@H](OC(C)=O)[C@@H](O)[C@@H]1O. The molecule has 36 heavy (non-hydrogen) atoms. The number of benzene rings is 1. The molecule has 12 heteroatoms. The Kier molecular flexibility index (Phi) is 8.79. The molecule has 0 saturated carbocycles. The Labute approximate surface area is 206 Å². The normalized spacial score (nSPS) is 29.8. The summed E-state index contributed by atoms with van der Waals surface area (Å²) in [5, 5.41) is 31.3. The van der Waals surface area contributed by atoms with Crippen LogP contribution >= 0.6 is 0 Å². The van der Waals surface area contributed by atoms with Crippen molar-refractivity contribution in [1.82, 2.24) is 0 Å². The summed E-state index contributed by atoms with van der Waals surface area (Å²) in [7, 11) is 0. The molecule has 0 aromatic heterocycles. The second kappa shape index (κ2) is 11.6. The zero-order chi connectivity index (χ0) is 26.5. The quantitative estimate of drug-likeness (QED) is 0.181. The summed E-state index contributed by atoms with van der Waals surface area (Å²) >= 11 is 0. The molecular weight excluding hydrogens is 480 g/mol. The van der Waals surface area contributed by atoms with E-state index in [1.54, 1.807) is 12.1 Å². The van der Waals surface area contributed by atoms with Gasteiger partial charge < -0.3 is 39.0 Å². The number of ether oxygens (including phenoxy) is 5. The van der Waals surface area contributed by atoms with E-state index in [9.17, 15) is 34.5 Å². The van der Waals surface area contributed by atoms with Gasteiger partial charge in [-0.2, -0.15) is 0 Å². The van der Waals surface area contributed by atoms with E-state index >= 15 is 0 Å². The average molecular weight is 508 g/mol. The van der Waals surface area contributed by atoms with Crippen molar-refractivity contribution in [3.05, 3.63) is 42.0 Å². The fraction of sp³-hybridized carbons (Fsp3) is 0.500. The maximum absolute atomic E-state index is 12.5. The van der Waals surface area contributed by atoms with Gasteiger partial charge in [0.1, 0.15) is 37.3 Å². The van der Waals surface area contributed by atoms with Crippen LogP contribution in [0.4, 0.5) is 0 Å². The predicted octanol–water partition coefficient (Wildman–Crippen LogP) is -0.300. The standard InChI is InChI=1S/C24H28O12/c1-13(25)32-12-17-19(28)20(29)21(34-14(2)26)22(36-17)35-16-8-4-3-7-15(16)11-33-23(30)24(31)10-6-5-9-18(24)27/h3-4,6-8,10,17,19-22,28-29,31H,5,9,11-12H2,1-2H3/t17-,19+,20-,21+,22+,24+/m0/s1. The highest BCUT2D eigenvalue weighted by Crippen LogP contribution is 2.29. The van der Waals surface area contributed by atoms with E-state index in [1.165, 1.54) is 18.2 Å². The highest BCUT2D eigenvalue weighted by molar-refractivity contribution is 6.09. The van der Waals surface area contributed by atoms with Gasteiger partial charge in [-0.1, -0.05) is 24.3 Å². The van der Waals surface area contributed by atoms with Crippen molar-refractivity contribution in [3.63, 3.8) is 0 Å². The molecular formula is C24H28O12. The summed E-state index contributed by atoms with van der Waals surface area (Å²) < 4.78 is 26.6. The second-order valence-corrected chi connectivity index (χ2v) is 8.33. The molecule has 0 radical (unpaired) electrons. The minimum atomic E-state index is -2.37. The van der Waals surface area contributed by atoms with Crippen LogP contribution in [0.5, 0.6) is 5.75 Å². The molecule has 0 spiro atoms. The number of ketones is 1. The Morgan fingerprint density at radius 2 is 1.81 bits per heavy atom. The molecule has 1 fully saturated rings. The topological polar surface area (TPSA) is 175 Å². The maximum Gasteiger partial charge on any atom is 0.350 e. The van der Waals surface area contributed by atoms with Crippen LogP contribution in [0.1, 0.15) is 32.3 Å². The van der Waals surface area contributed by atoms with Gasteiger partial charge in [-0.05, 0) is 18.6 Å². The molecule has 1 heterocycles. The van der Waals surface area contributed by atoms with Gasteiger partial charge in [0, 0.05) is 25.8 Å². The van der Waals surface area contributed by atoms with E-state index in [4.69, 9.17) is 23.7 Å². The summed E-state index contributed by atoms with van der Waals surface area (Å²) in [6, 6.07) is 6.23. The Hall–Kier alpha value is -3.32. The van der Waals surface area contributed by atoms with E-state index in [0.29, 0.717) is 12.0 Å². The van der Waals surface area contributed by atoms with Crippen molar-refractivity contribution in [3.8, 4) is 5.75 Å². The minimum Gasteiger partial charge on any atom is -0.463 e. The number of carbonyl (C=O) groups is 4. The summed E-state index contributed by atoms with van der Waals surface area (Å²) in [5.41, 5.74) is -2.07. The van der Waals surface area contributed by atoms with Crippen LogP contribution in [-0.2, 0) is 44.7 Å². The number of hydrogen-bond acceptors (Lipinski definition) is 12. The van der Waals surface area contributed by atoms with Crippen molar-refractivity contribution < 1.29 is 58.2 Å². The summed E-state index contributed by atoms with van der Waals surface area (Å²) in [5.74, 6) is -3.14. The lowest BCUT2D eigenvalue weighted by molar-refractivity contribution is -0.282. The van der Waals surface area contributed by atoms with E-state index in [2.05, 4.69) is 0 Å². The highest BCUT2D eigenvalue weighted by Gasteiger charge is 2.48. The number of aliphatic hydroxyl groups is 3. The summed E-state index contributed by atoms with van der Waals surface area (Å²) in [6.45, 7) is 1.46. The molecule has 6 atom stereocenters. The Balaban J connectivity index is 1.78. The number of allylic oxidation sites excluding steroid dienone is 1. The molecule has 3 N–H and O–H groups in total. The molecule has 0 bridgehead atoms. The molecule has 1 aliphatic carbocycles. The molecule has 1 aromatic carbocycles. The number of aliphatic hydroxyl groups excluding tert-OH is 2. The Bertz CT molecular complexity index is 1020. The first kappa shape index (κ1) is 27.3. The van der Waals surface area contributed by atoms with Gasteiger partial charge >= 0.3 is 17.9 Å². The lowest BCUT2D eigenvalue weighted by Gasteiger charge is -2.41. The largest absolute Gasteiger partial charge is 0.463 e. The molecule has 196 valence electrons. The van der Waals surface area contributed by atoms with Crippen molar-refractivity contribution in [2.75, 3.05) is 6.61 Å². The average Bonchev–Trinajstić information content (AvgIpc) is 2.83. The van der Waals surface area contributed by atoms with Gasteiger partial charge in [0.2, 0.25) is 11.9 Å². The van der Waals surface area contributed by atoms with Crippen LogP contribution in [-0.4, -0.2) is 81.9 Å². The minimum absolute atomic E-state index is 0.00103. The first-order valence-corrected chi connectivity index (χ1v) is 11.2. The Morgan fingerprint density at radius 3 is 2.47 bits per heavy atom. The fourth-order valence-electron chi connectivity index (χ4n) is 3.70. The van der Waals surface area contributed by atoms with E-state index in [-0.39, 0.29) is 12.2 Å². The molecule has 3 rings (SSSR count). The van der Waals surface area contributed by atoms with E-state index in [0.717, 1.165) is 19.9 Å². The van der Waals surface area contributed by atoms with Crippen LogP contribution in [0.25, 0.3) is 0 Å². The number of esters is 3. The molecule has 0 unspecified atom stereocenters. The highest BCUT2D eigenvalue weighted by atomic mass is 16.7. The molecule has 12 nitrogen and oxygen atoms in total. The zero-order valence-corrected chi connectivity index (χ0v) is 19.7. The number of Topliss-reactive ketones (excluding diaryl/α,β-unsaturated/α-hetero) is 1. The van der Waals surface area contributed by atoms with Crippen LogP contribution < -0.4 is 4.74 Å². The number of rotatable bonds is 8. The molecule has 1 saturated heterocycles. The lowest BCUT2D eigenvalue weighted by atomic mass is 9.90. The summed E-state index contributed by atoms with van der Waals surface area (Å²) in [4.78, 5) is 47.3. The van der Waals surface area contributed by atoms with Gasteiger partial charge in [0.15, 0.2) is 11.9 Å². The lowest BCUT2D eigenvalue weighted by Crippen LogP contribution is -2.61. The summed E-state index contributed by atoms with van der Waals surface area (Å²) in [6.07, 6.45) is -4.28. The molecule has 1 aromatic rings. The van der Waals surface area contributed by atoms with Crippen molar-refractivity contribution in [1.29, 1.82) is 0 Å². The molecule has 0 amide bonds. The van der Waals surface area contributed by atoms with Gasteiger partial charge in [-0.25, -0.2) is 4.79 Å². The van der Waals surface area contributed by atoms with Gasteiger partial charge in [-0.15, -0.1) is 0 Å². The van der Waals surface area contributed by atoms with Gasteiger partial charge in [0.05, 0.1) is 0 Å². The van der Waals surface area contributed by atoms with Crippen molar-refractivity contribution >= 4 is 23.7 Å². The third-order valence-corrected chi connectivity index (χ3v) is 5.61. The zero-order valence-electron chi connectivity index (χ0n) is 19.7. The van der Waals surface area contributed by atoms with Crippen molar-refractivity contribution in [2.45, 2.75) is 69.6 Å².